The number of hydrogen-bond donors (Lipinski definition) is 0. The van der Waals surface area contributed by atoms with Gasteiger partial charge >= 0.3 is 0 Å². The van der Waals surface area contributed by atoms with Crippen LogP contribution in [0, 0.1) is 5.92 Å². The molecule has 0 saturated carbocycles. The molecular formula is C14H29IOSi. The number of halogens is 1. The third-order valence-electron chi connectivity index (χ3n) is 3.80. The molecule has 0 bridgehead atoms. The van der Waals surface area contributed by atoms with E-state index in [1.54, 1.807) is 0 Å². The van der Waals surface area contributed by atoms with Crippen molar-refractivity contribution in [1.29, 1.82) is 0 Å². The fourth-order valence-electron chi connectivity index (χ4n) is 1.41. The third-order valence-corrected chi connectivity index (χ3v) is 8.96. The SMILES string of the molecule is C=CC(CCI)CCCO[Si](C)(C)C(C)(C)C. The molecule has 0 aromatic rings. The summed E-state index contributed by atoms with van der Waals surface area (Å²) in [6, 6.07) is 0. The van der Waals surface area contributed by atoms with Crippen molar-refractivity contribution in [2.24, 2.45) is 5.92 Å². The third kappa shape index (κ3) is 6.96. The van der Waals surface area contributed by atoms with E-state index in [4.69, 9.17) is 4.43 Å². The molecule has 0 amide bonds. The summed E-state index contributed by atoms with van der Waals surface area (Å²) in [5.41, 5.74) is 0. The van der Waals surface area contributed by atoms with E-state index in [-0.39, 0.29) is 0 Å². The fraction of sp³-hybridized carbons (Fsp3) is 0.857. The molecule has 0 rings (SSSR count). The predicted molar refractivity (Wildman–Crippen MR) is 89.6 cm³/mol. The van der Waals surface area contributed by atoms with E-state index >= 15 is 0 Å². The van der Waals surface area contributed by atoms with Crippen LogP contribution in [0.15, 0.2) is 12.7 Å². The number of hydrogen-bond acceptors (Lipinski definition) is 1. The van der Waals surface area contributed by atoms with Gasteiger partial charge in [0.1, 0.15) is 0 Å². The second-order valence-corrected chi connectivity index (χ2v) is 12.1. The monoisotopic (exact) mass is 368 g/mol. The highest BCUT2D eigenvalue weighted by molar-refractivity contribution is 14.1. The largest absolute Gasteiger partial charge is 0.417 e. The van der Waals surface area contributed by atoms with E-state index in [2.05, 4.69) is 69.1 Å². The average Bonchev–Trinajstić information content (AvgIpc) is 2.21. The van der Waals surface area contributed by atoms with Crippen LogP contribution >= 0.6 is 22.6 Å². The molecule has 0 N–H and O–H groups in total. The first kappa shape index (κ1) is 17.6. The summed E-state index contributed by atoms with van der Waals surface area (Å²) >= 11 is 2.44. The van der Waals surface area contributed by atoms with E-state index in [9.17, 15) is 0 Å². The van der Waals surface area contributed by atoms with Crippen molar-refractivity contribution < 1.29 is 4.43 Å². The Bertz CT molecular complexity index is 221. The van der Waals surface area contributed by atoms with Gasteiger partial charge in [0, 0.05) is 11.0 Å². The van der Waals surface area contributed by atoms with Crippen molar-refractivity contribution in [3.05, 3.63) is 12.7 Å². The molecule has 1 unspecified atom stereocenters. The normalized spacial score (nSPS) is 14.7. The molecule has 0 fully saturated rings. The Morgan fingerprint density at radius 2 is 1.88 bits per heavy atom. The highest BCUT2D eigenvalue weighted by Crippen LogP contribution is 2.36. The summed E-state index contributed by atoms with van der Waals surface area (Å²) in [5, 5.41) is 0.326. The zero-order valence-corrected chi connectivity index (χ0v) is 15.3. The summed E-state index contributed by atoms with van der Waals surface area (Å²) in [6.07, 6.45) is 5.75. The standard InChI is InChI=1S/C14H29IOSi/c1-7-13(10-11-15)9-8-12-16-17(5,6)14(2,3)4/h7,13H,1,8-12H2,2-6H3. The topological polar surface area (TPSA) is 9.23 Å². The number of rotatable bonds is 8. The zero-order chi connectivity index (χ0) is 13.5. The maximum Gasteiger partial charge on any atom is 0.191 e. The Hall–Kier alpha value is 0.647. The first-order valence-electron chi connectivity index (χ1n) is 6.57. The van der Waals surface area contributed by atoms with Crippen molar-refractivity contribution in [2.75, 3.05) is 11.0 Å². The molecule has 1 nitrogen and oxygen atoms in total. The van der Waals surface area contributed by atoms with Crippen LogP contribution in [0.4, 0.5) is 0 Å². The molecule has 17 heavy (non-hydrogen) atoms. The van der Waals surface area contributed by atoms with E-state index in [1.807, 2.05) is 0 Å². The first-order valence-corrected chi connectivity index (χ1v) is 11.0. The molecule has 1 atom stereocenters. The Labute approximate surface area is 123 Å². The maximum absolute atomic E-state index is 6.17. The molecule has 0 aromatic heterocycles. The Morgan fingerprint density at radius 1 is 1.29 bits per heavy atom. The van der Waals surface area contributed by atoms with Crippen LogP contribution in [0.2, 0.25) is 18.1 Å². The second-order valence-electron chi connectivity index (χ2n) is 6.22. The summed E-state index contributed by atoms with van der Waals surface area (Å²) in [4.78, 5) is 0. The van der Waals surface area contributed by atoms with E-state index in [0.29, 0.717) is 11.0 Å². The van der Waals surface area contributed by atoms with Gasteiger partial charge in [-0.3, -0.25) is 0 Å². The number of alkyl halides is 1. The van der Waals surface area contributed by atoms with E-state index < -0.39 is 8.32 Å². The van der Waals surface area contributed by atoms with Crippen LogP contribution in [-0.4, -0.2) is 19.4 Å². The van der Waals surface area contributed by atoms with Crippen LogP contribution in [0.5, 0.6) is 0 Å². The molecule has 3 heteroatoms. The molecule has 0 spiro atoms. The first-order chi connectivity index (χ1) is 7.74. The number of allylic oxidation sites excluding steroid dienone is 1. The Morgan fingerprint density at radius 3 is 2.29 bits per heavy atom. The average molecular weight is 368 g/mol. The quantitative estimate of drug-likeness (QED) is 0.183. The molecule has 0 aromatic carbocycles. The maximum atomic E-state index is 6.17. The zero-order valence-electron chi connectivity index (χ0n) is 12.2. The van der Waals surface area contributed by atoms with E-state index in [0.717, 1.165) is 6.61 Å². The van der Waals surface area contributed by atoms with Gasteiger partial charge in [-0.2, -0.15) is 0 Å². The van der Waals surface area contributed by atoms with Crippen molar-refractivity contribution >= 4 is 30.9 Å². The van der Waals surface area contributed by atoms with Crippen molar-refractivity contribution in [3.8, 4) is 0 Å². The minimum Gasteiger partial charge on any atom is -0.417 e. The van der Waals surface area contributed by atoms with Gasteiger partial charge in [0.25, 0.3) is 0 Å². The van der Waals surface area contributed by atoms with Gasteiger partial charge in [-0.15, -0.1) is 6.58 Å². The molecule has 0 aliphatic carbocycles. The lowest BCUT2D eigenvalue weighted by Gasteiger charge is -2.36. The van der Waals surface area contributed by atoms with Crippen LogP contribution in [-0.2, 0) is 4.43 Å². The Kier molecular flexibility index (Phi) is 8.25. The lowest BCUT2D eigenvalue weighted by Crippen LogP contribution is -2.41. The molecule has 0 aliphatic heterocycles. The van der Waals surface area contributed by atoms with Gasteiger partial charge in [-0.05, 0) is 43.3 Å². The molecule has 0 aliphatic rings. The minimum atomic E-state index is -1.53. The van der Waals surface area contributed by atoms with Crippen molar-refractivity contribution in [2.45, 2.75) is 58.2 Å². The minimum absolute atomic E-state index is 0.326. The van der Waals surface area contributed by atoms with Gasteiger partial charge in [0.2, 0.25) is 0 Å². The molecule has 0 saturated heterocycles. The lowest BCUT2D eigenvalue weighted by molar-refractivity contribution is 0.272. The molecule has 0 radical (unpaired) electrons. The smallest absolute Gasteiger partial charge is 0.191 e. The summed E-state index contributed by atoms with van der Waals surface area (Å²) < 4.78 is 7.39. The van der Waals surface area contributed by atoms with E-state index in [1.165, 1.54) is 23.7 Å². The van der Waals surface area contributed by atoms with Crippen molar-refractivity contribution in [3.63, 3.8) is 0 Å². The van der Waals surface area contributed by atoms with Crippen LogP contribution in [0.1, 0.15) is 40.0 Å². The van der Waals surface area contributed by atoms with Crippen LogP contribution < -0.4 is 0 Å². The predicted octanol–water partition coefficient (Wildman–Crippen LogP) is 5.42. The summed E-state index contributed by atoms with van der Waals surface area (Å²) in [6.45, 7) is 16.4. The van der Waals surface area contributed by atoms with Gasteiger partial charge < -0.3 is 4.43 Å². The van der Waals surface area contributed by atoms with Crippen LogP contribution in [0.3, 0.4) is 0 Å². The summed E-state index contributed by atoms with van der Waals surface area (Å²) in [5.74, 6) is 0.676. The highest BCUT2D eigenvalue weighted by Gasteiger charge is 2.36. The van der Waals surface area contributed by atoms with Gasteiger partial charge in [-0.25, -0.2) is 0 Å². The van der Waals surface area contributed by atoms with Crippen molar-refractivity contribution in [1.82, 2.24) is 0 Å². The molecule has 0 heterocycles. The van der Waals surface area contributed by atoms with Gasteiger partial charge in [-0.1, -0.05) is 49.4 Å². The summed E-state index contributed by atoms with van der Waals surface area (Å²) in [7, 11) is -1.53. The lowest BCUT2D eigenvalue weighted by atomic mass is 10.0. The van der Waals surface area contributed by atoms with Crippen LogP contribution in [0.25, 0.3) is 0 Å². The highest BCUT2D eigenvalue weighted by atomic mass is 127. The second kappa shape index (κ2) is 7.95. The Balaban J connectivity index is 3.88. The fourth-order valence-corrected chi connectivity index (χ4v) is 3.30. The van der Waals surface area contributed by atoms with Gasteiger partial charge in [0.15, 0.2) is 8.32 Å². The molecular weight excluding hydrogens is 339 g/mol. The molecule has 102 valence electrons. The van der Waals surface area contributed by atoms with Gasteiger partial charge in [0.05, 0.1) is 0 Å².